The lowest BCUT2D eigenvalue weighted by atomic mass is 10.0. The lowest BCUT2D eigenvalue weighted by Crippen LogP contribution is -2.32. The zero-order valence-electron chi connectivity index (χ0n) is 19.1. The Morgan fingerprint density at radius 1 is 1.18 bits per heavy atom. The summed E-state index contributed by atoms with van der Waals surface area (Å²) in [5.74, 6) is 2.53. The Balaban J connectivity index is 1.16. The standard InChI is InChI=1S/C25H27N5O3S/c1-29-23-20(12-7-13-26-23)33-16-18(25(29)34)10-5-6-11-19(31)22-27-24-21(17-8-3-2-4-9-17)32-15-14-30(24)28-22/h2-4,7-9,12-13,18,21H,5-6,10-11,14-16H2,1H3/t18-,21-/m0/s1. The second-order valence-electron chi connectivity index (χ2n) is 8.58. The summed E-state index contributed by atoms with van der Waals surface area (Å²) < 4.78 is 13.7. The number of Topliss-reactive ketones (excluding diaryl/α,β-unsaturated/α-hetero) is 1. The number of carbonyl (C=O) groups excluding carboxylic acids is 1. The molecule has 34 heavy (non-hydrogen) atoms. The fraction of sp³-hybridized carbons (Fsp3) is 0.400. The molecule has 8 nitrogen and oxygen atoms in total. The van der Waals surface area contributed by atoms with Crippen LogP contribution in [0.1, 0.15) is 53.8 Å². The summed E-state index contributed by atoms with van der Waals surface area (Å²) in [6.07, 6.45) is 4.30. The van der Waals surface area contributed by atoms with Gasteiger partial charge in [-0.2, -0.15) is 0 Å². The van der Waals surface area contributed by atoms with Gasteiger partial charge in [-0.05, 0) is 30.5 Å². The average Bonchev–Trinajstić information content (AvgIpc) is 3.28. The molecular weight excluding hydrogens is 450 g/mol. The third-order valence-corrected chi connectivity index (χ3v) is 6.88. The van der Waals surface area contributed by atoms with Gasteiger partial charge in [0.2, 0.25) is 11.6 Å². The Hall–Kier alpha value is -3.17. The fourth-order valence-corrected chi connectivity index (χ4v) is 4.69. The molecule has 0 N–H and O–H groups in total. The molecule has 2 aliphatic heterocycles. The highest BCUT2D eigenvalue weighted by molar-refractivity contribution is 7.80. The summed E-state index contributed by atoms with van der Waals surface area (Å²) in [6, 6.07) is 13.7. The number of anilines is 1. The minimum absolute atomic E-state index is 0.0397. The second kappa shape index (κ2) is 9.99. The van der Waals surface area contributed by atoms with E-state index < -0.39 is 0 Å². The quantitative estimate of drug-likeness (QED) is 0.287. The average molecular weight is 478 g/mol. The topological polar surface area (TPSA) is 82.4 Å². The van der Waals surface area contributed by atoms with Crippen molar-refractivity contribution in [1.29, 1.82) is 0 Å². The van der Waals surface area contributed by atoms with Crippen LogP contribution in [0.15, 0.2) is 48.7 Å². The SMILES string of the molecule is CN1C(=S)[C@@H](CCCCC(=O)c2nc3n(n2)CCO[C@H]3c2ccccc2)COc2cccnc21. The molecule has 2 aromatic heterocycles. The van der Waals surface area contributed by atoms with Crippen LogP contribution in [0.3, 0.4) is 0 Å². The molecule has 0 bridgehead atoms. The van der Waals surface area contributed by atoms with Crippen LogP contribution in [0, 0.1) is 5.92 Å². The van der Waals surface area contributed by atoms with Gasteiger partial charge in [0.25, 0.3) is 0 Å². The van der Waals surface area contributed by atoms with Crippen LogP contribution in [0.5, 0.6) is 5.75 Å². The molecule has 9 heteroatoms. The van der Waals surface area contributed by atoms with Gasteiger partial charge in [-0.1, -0.05) is 49.0 Å². The Kier molecular flexibility index (Phi) is 6.64. The number of nitrogens with zero attached hydrogens (tertiary/aromatic N) is 5. The molecule has 0 fully saturated rings. The molecule has 0 amide bonds. The first-order valence-corrected chi connectivity index (χ1v) is 12.0. The van der Waals surface area contributed by atoms with E-state index in [0.717, 1.165) is 41.4 Å². The molecule has 2 atom stereocenters. The van der Waals surface area contributed by atoms with Crippen LogP contribution in [0.4, 0.5) is 5.82 Å². The molecular formula is C25H27N5O3S. The minimum atomic E-state index is -0.296. The number of ketones is 1. The van der Waals surface area contributed by atoms with E-state index in [2.05, 4.69) is 15.1 Å². The molecule has 0 saturated heterocycles. The van der Waals surface area contributed by atoms with Gasteiger partial charge in [0.1, 0.15) is 6.10 Å². The second-order valence-corrected chi connectivity index (χ2v) is 9.00. The fourth-order valence-electron chi connectivity index (χ4n) is 4.42. The van der Waals surface area contributed by atoms with Crippen molar-refractivity contribution in [2.45, 2.75) is 38.3 Å². The van der Waals surface area contributed by atoms with Crippen LogP contribution >= 0.6 is 12.2 Å². The predicted molar refractivity (Wildman–Crippen MR) is 131 cm³/mol. The Morgan fingerprint density at radius 2 is 2.03 bits per heavy atom. The van der Waals surface area contributed by atoms with Crippen molar-refractivity contribution in [3.05, 3.63) is 65.9 Å². The molecule has 3 aromatic rings. The lowest BCUT2D eigenvalue weighted by Gasteiger charge is -2.22. The highest BCUT2D eigenvalue weighted by Crippen LogP contribution is 2.31. The Bertz CT molecular complexity index is 1180. The normalized spacial score (nSPS) is 19.7. The minimum Gasteiger partial charge on any atom is -0.489 e. The third-order valence-electron chi connectivity index (χ3n) is 6.27. The van der Waals surface area contributed by atoms with E-state index in [1.165, 1.54) is 0 Å². The van der Waals surface area contributed by atoms with Crippen LogP contribution in [0.2, 0.25) is 0 Å². The van der Waals surface area contributed by atoms with Crippen LogP contribution in [-0.2, 0) is 11.3 Å². The smallest absolute Gasteiger partial charge is 0.217 e. The number of unbranched alkanes of at least 4 members (excludes halogenated alkanes) is 1. The van der Waals surface area contributed by atoms with Crippen molar-refractivity contribution in [2.75, 3.05) is 25.2 Å². The van der Waals surface area contributed by atoms with Gasteiger partial charge in [-0.3, -0.25) is 4.79 Å². The number of benzene rings is 1. The highest BCUT2D eigenvalue weighted by Gasteiger charge is 2.29. The number of carbonyl (C=O) groups is 1. The molecule has 1 aromatic carbocycles. The van der Waals surface area contributed by atoms with Gasteiger partial charge in [0, 0.05) is 25.6 Å². The van der Waals surface area contributed by atoms with E-state index in [1.54, 1.807) is 10.9 Å². The van der Waals surface area contributed by atoms with Crippen molar-refractivity contribution in [1.82, 2.24) is 19.7 Å². The van der Waals surface area contributed by atoms with Crippen molar-refractivity contribution < 1.29 is 14.3 Å². The van der Waals surface area contributed by atoms with Gasteiger partial charge in [0.05, 0.1) is 24.7 Å². The first kappa shape index (κ1) is 22.6. The first-order chi connectivity index (χ1) is 16.6. The zero-order chi connectivity index (χ0) is 23.5. The highest BCUT2D eigenvalue weighted by atomic mass is 32.1. The first-order valence-electron chi connectivity index (χ1n) is 11.6. The number of aromatic nitrogens is 4. The van der Waals surface area contributed by atoms with Crippen molar-refractivity contribution in [3.63, 3.8) is 0 Å². The molecule has 4 heterocycles. The Morgan fingerprint density at radius 3 is 2.88 bits per heavy atom. The maximum atomic E-state index is 12.8. The largest absolute Gasteiger partial charge is 0.489 e. The maximum absolute atomic E-state index is 12.8. The lowest BCUT2D eigenvalue weighted by molar-refractivity contribution is 0.0389. The summed E-state index contributed by atoms with van der Waals surface area (Å²) in [7, 11) is 1.93. The summed E-state index contributed by atoms with van der Waals surface area (Å²) in [4.78, 5) is 24.5. The summed E-state index contributed by atoms with van der Waals surface area (Å²) in [5.41, 5.74) is 1.01. The summed E-state index contributed by atoms with van der Waals surface area (Å²) in [5, 5.41) is 4.47. The molecule has 0 spiro atoms. The number of pyridine rings is 1. The molecule has 0 unspecified atom stereocenters. The van der Waals surface area contributed by atoms with Gasteiger partial charge in [0.15, 0.2) is 17.4 Å². The van der Waals surface area contributed by atoms with Gasteiger partial charge < -0.3 is 14.4 Å². The van der Waals surface area contributed by atoms with E-state index in [1.807, 2.05) is 54.4 Å². The number of hydrogen-bond donors (Lipinski definition) is 0. The van der Waals surface area contributed by atoms with Gasteiger partial charge >= 0.3 is 0 Å². The van der Waals surface area contributed by atoms with E-state index in [-0.39, 0.29) is 23.6 Å². The van der Waals surface area contributed by atoms with Gasteiger partial charge in [-0.15, -0.1) is 5.10 Å². The molecule has 0 radical (unpaired) electrons. The maximum Gasteiger partial charge on any atom is 0.217 e. The number of fused-ring (bicyclic) bond motifs is 2. The number of thiocarbonyl (C=S) groups is 1. The third kappa shape index (κ3) is 4.58. The number of hydrogen-bond acceptors (Lipinski definition) is 7. The molecule has 2 aliphatic rings. The van der Waals surface area contributed by atoms with Crippen molar-refractivity contribution in [2.24, 2.45) is 5.92 Å². The van der Waals surface area contributed by atoms with Crippen molar-refractivity contribution in [3.8, 4) is 5.75 Å². The monoisotopic (exact) mass is 477 g/mol. The molecule has 5 rings (SSSR count). The van der Waals surface area contributed by atoms with Gasteiger partial charge in [-0.25, -0.2) is 14.6 Å². The zero-order valence-corrected chi connectivity index (χ0v) is 19.9. The van der Waals surface area contributed by atoms with Crippen LogP contribution < -0.4 is 9.64 Å². The van der Waals surface area contributed by atoms with Crippen molar-refractivity contribution >= 4 is 28.8 Å². The number of rotatable bonds is 7. The summed E-state index contributed by atoms with van der Waals surface area (Å²) in [6.45, 7) is 1.66. The molecule has 0 aliphatic carbocycles. The molecule has 0 saturated carbocycles. The van der Waals surface area contributed by atoms with Crippen LogP contribution in [-0.4, -0.2) is 50.8 Å². The Labute approximate surface area is 203 Å². The predicted octanol–water partition coefficient (Wildman–Crippen LogP) is 4.01. The van der Waals surface area contributed by atoms with E-state index in [9.17, 15) is 4.79 Å². The number of ether oxygens (including phenoxy) is 2. The van der Waals surface area contributed by atoms with E-state index >= 15 is 0 Å². The molecule has 176 valence electrons. The van der Waals surface area contributed by atoms with E-state index in [0.29, 0.717) is 32.0 Å². The van der Waals surface area contributed by atoms with Crippen LogP contribution in [0.25, 0.3) is 0 Å². The summed E-state index contributed by atoms with van der Waals surface area (Å²) >= 11 is 5.70. The van der Waals surface area contributed by atoms with E-state index in [4.69, 9.17) is 21.7 Å².